The van der Waals surface area contributed by atoms with Crippen LogP contribution in [0.15, 0.2) is 0 Å². The Morgan fingerprint density at radius 3 is 1.88 bits per heavy atom. The predicted octanol–water partition coefficient (Wildman–Crippen LogP) is 1.23. The Morgan fingerprint density at radius 1 is 0.844 bits per heavy atom. The molecule has 3 rings (SSSR count). The van der Waals surface area contributed by atoms with Crippen LogP contribution in [0.1, 0.15) is 52.4 Å². The van der Waals surface area contributed by atoms with Gasteiger partial charge >= 0.3 is 0 Å². The molecule has 3 aliphatic heterocycles. The highest BCUT2D eigenvalue weighted by molar-refractivity contribution is 4.70. The van der Waals surface area contributed by atoms with Gasteiger partial charge in [0.2, 0.25) is 0 Å². The van der Waals surface area contributed by atoms with Gasteiger partial charge < -0.3 is 35.3 Å². The Kier molecular flexibility index (Phi) is 20.9. The van der Waals surface area contributed by atoms with Gasteiger partial charge in [-0.2, -0.15) is 0 Å². The SMILES string of the molecule is C1CNCCN1.CCCCCOCC(O)CN1CCNCC1.CCCCCOCC1CO1. The van der Waals surface area contributed by atoms with Gasteiger partial charge in [0.1, 0.15) is 6.10 Å². The molecule has 8 heteroatoms. The van der Waals surface area contributed by atoms with Crippen molar-refractivity contribution in [3.63, 3.8) is 0 Å². The van der Waals surface area contributed by atoms with Gasteiger partial charge in [-0.1, -0.05) is 39.5 Å². The lowest BCUT2D eigenvalue weighted by atomic mass is 10.2. The minimum Gasteiger partial charge on any atom is -0.389 e. The molecule has 0 bridgehead atoms. The summed E-state index contributed by atoms with van der Waals surface area (Å²) >= 11 is 0. The van der Waals surface area contributed by atoms with Crippen molar-refractivity contribution in [1.29, 1.82) is 0 Å². The average Bonchev–Trinajstić information content (AvgIpc) is 3.66. The largest absolute Gasteiger partial charge is 0.389 e. The molecule has 3 heterocycles. The summed E-state index contributed by atoms with van der Waals surface area (Å²) in [6.45, 7) is 17.7. The monoisotopic (exact) mass is 460 g/mol. The van der Waals surface area contributed by atoms with Gasteiger partial charge in [-0.15, -0.1) is 0 Å². The van der Waals surface area contributed by atoms with E-state index in [4.69, 9.17) is 14.2 Å². The average molecular weight is 461 g/mol. The van der Waals surface area contributed by atoms with Crippen molar-refractivity contribution in [2.24, 2.45) is 0 Å². The number of nitrogens with one attached hydrogen (secondary N) is 3. The lowest BCUT2D eigenvalue weighted by Crippen LogP contribution is -2.47. The van der Waals surface area contributed by atoms with E-state index in [9.17, 15) is 5.11 Å². The van der Waals surface area contributed by atoms with E-state index in [1.54, 1.807) is 0 Å². The van der Waals surface area contributed by atoms with E-state index in [0.717, 1.165) is 91.8 Å². The zero-order chi connectivity index (χ0) is 23.1. The van der Waals surface area contributed by atoms with Crippen LogP contribution in [0, 0.1) is 0 Å². The van der Waals surface area contributed by atoms with Crippen LogP contribution in [0.3, 0.4) is 0 Å². The highest BCUT2D eigenvalue weighted by atomic mass is 16.6. The molecule has 0 spiro atoms. The molecular weight excluding hydrogens is 408 g/mol. The first-order chi connectivity index (χ1) is 15.8. The van der Waals surface area contributed by atoms with Gasteiger partial charge in [0, 0.05) is 72.1 Å². The summed E-state index contributed by atoms with van der Waals surface area (Å²) < 4.78 is 15.8. The number of epoxide rings is 1. The lowest BCUT2D eigenvalue weighted by Gasteiger charge is -2.28. The van der Waals surface area contributed by atoms with Crippen molar-refractivity contribution < 1.29 is 19.3 Å². The van der Waals surface area contributed by atoms with Crippen LogP contribution in [0.4, 0.5) is 0 Å². The molecule has 8 nitrogen and oxygen atoms in total. The second-order valence-electron chi connectivity index (χ2n) is 8.72. The number of piperazine rings is 2. The van der Waals surface area contributed by atoms with Gasteiger partial charge in [-0.3, -0.25) is 4.90 Å². The van der Waals surface area contributed by atoms with Crippen molar-refractivity contribution in [1.82, 2.24) is 20.9 Å². The topological polar surface area (TPSA) is 90.5 Å². The van der Waals surface area contributed by atoms with Crippen LogP contribution in [0.5, 0.6) is 0 Å². The third-order valence-corrected chi connectivity index (χ3v) is 5.44. The number of nitrogens with zero attached hydrogens (tertiary/aromatic N) is 1. The molecule has 0 aliphatic carbocycles. The normalized spacial score (nSPS) is 21.7. The molecule has 32 heavy (non-hydrogen) atoms. The molecule has 0 aromatic heterocycles. The number of unbranched alkanes of at least 4 members (excludes halogenated alkanes) is 4. The number of hydrogen-bond donors (Lipinski definition) is 4. The van der Waals surface area contributed by atoms with Gasteiger partial charge in [0.15, 0.2) is 0 Å². The number of hydrogen-bond acceptors (Lipinski definition) is 8. The molecule has 2 atom stereocenters. The maximum absolute atomic E-state index is 9.77. The molecule has 192 valence electrons. The zero-order valence-corrected chi connectivity index (χ0v) is 20.9. The van der Waals surface area contributed by atoms with Crippen molar-refractivity contribution in [2.45, 2.75) is 64.6 Å². The molecule has 3 saturated heterocycles. The molecule has 3 aliphatic rings. The van der Waals surface area contributed by atoms with Gasteiger partial charge in [-0.05, 0) is 12.8 Å². The Hall–Kier alpha value is -0.320. The number of β-amino-alcohol motifs (C(OH)–C–C–N with tert-alkyl or cyclic N) is 1. The van der Waals surface area contributed by atoms with E-state index in [-0.39, 0.29) is 6.10 Å². The van der Waals surface area contributed by atoms with Crippen molar-refractivity contribution >= 4 is 0 Å². The smallest absolute Gasteiger partial charge is 0.104 e. The molecule has 4 N–H and O–H groups in total. The van der Waals surface area contributed by atoms with E-state index < -0.39 is 0 Å². The summed E-state index contributed by atoms with van der Waals surface area (Å²) in [6.07, 6.45) is 7.39. The molecule has 0 aromatic carbocycles. The molecular formula is C24H52N4O4. The standard InChI is InChI=1S/C12H26N2O2.C8H16O2.C4H10N2/c1-2-3-4-9-16-11-12(15)10-14-7-5-13-6-8-14;1-2-3-4-5-9-6-8-7-10-8;1-2-6-4-3-5-1/h12-13,15H,2-11H2,1H3;8H,2-7H2,1H3;5-6H,1-4H2. The third-order valence-electron chi connectivity index (χ3n) is 5.44. The summed E-state index contributed by atoms with van der Waals surface area (Å²) in [5.41, 5.74) is 0. The minimum atomic E-state index is -0.334. The second kappa shape index (κ2) is 22.5. The maximum atomic E-state index is 9.77. The van der Waals surface area contributed by atoms with E-state index in [1.165, 1.54) is 32.1 Å². The van der Waals surface area contributed by atoms with Crippen molar-refractivity contribution in [3.8, 4) is 0 Å². The third kappa shape index (κ3) is 20.3. The first-order valence-electron chi connectivity index (χ1n) is 13.1. The fourth-order valence-corrected chi connectivity index (χ4v) is 3.35. The highest BCUT2D eigenvalue weighted by Crippen LogP contribution is 2.08. The summed E-state index contributed by atoms with van der Waals surface area (Å²) in [7, 11) is 0. The molecule has 0 amide bonds. The van der Waals surface area contributed by atoms with E-state index in [1.807, 2.05) is 0 Å². The van der Waals surface area contributed by atoms with Crippen LogP contribution in [0.2, 0.25) is 0 Å². The zero-order valence-electron chi connectivity index (χ0n) is 20.9. The highest BCUT2D eigenvalue weighted by Gasteiger charge is 2.21. The first kappa shape index (κ1) is 29.7. The summed E-state index contributed by atoms with van der Waals surface area (Å²) in [5, 5.41) is 19.5. The predicted molar refractivity (Wildman–Crippen MR) is 131 cm³/mol. The Morgan fingerprint density at radius 2 is 1.38 bits per heavy atom. The number of ether oxygens (including phenoxy) is 3. The van der Waals surface area contributed by atoms with E-state index in [0.29, 0.717) is 12.7 Å². The van der Waals surface area contributed by atoms with Crippen LogP contribution in [-0.4, -0.2) is 114 Å². The Balaban J connectivity index is 0.000000270. The molecule has 0 aromatic rings. The minimum absolute atomic E-state index is 0.334. The van der Waals surface area contributed by atoms with E-state index in [2.05, 4.69) is 34.7 Å². The summed E-state index contributed by atoms with van der Waals surface area (Å²) in [4.78, 5) is 2.29. The van der Waals surface area contributed by atoms with Crippen LogP contribution in [0.25, 0.3) is 0 Å². The van der Waals surface area contributed by atoms with Gasteiger partial charge in [-0.25, -0.2) is 0 Å². The molecule has 0 saturated carbocycles. The molecule has 2 unspecified atom stereocenters. The Bertz CT molecular complexity index is 368. The van der Waals surface area contributed by atoms with Gasteiger partial charge in [0.05, 0.1) is 25.9 Å². The Labute approximate surface area is 197 Å². The lowest BCUT2D eigenvalue weighted by molar-refractivity contribution is 0.0137. The number of aliphatic hydroxyl groups excluding tert-OH is 1. The molecule has 3 fully saturated rings. The summed E-state index contributed by atoms with van der Waals surface area (Å²) in [6, 6.07) is 0. The maximum Gasteiger partial charge on any atom is 0.104 e. The summed E-state index contributed by atoms with van der Waals surface area (Å²) in [5.74, 6) is 0. The first-order valence-corrected chi connectivity index (χ1v) is 13.1. The molecule has 0 radical (unpaired) electrons. The van der Waals surface area contributed by atoms with E-state index >= 15 is 0 Å². The quantitative estimate of drug-likeness (QED) is 0.227. The second-order valence-corrected chi connectivity index (χ2v) is 8.72. The van der Waals surface area contributed by atoms with Crippen molar-refractivity contribution in [2.75, 3.05) is 91.9 Å². The van der Waals surface area contributed by atoms with Crippen LogP contribution >= 0.6 is 0 Å². The van der Waals surface area contributed by atoms with Crippen molar-refractivity contribution in [3.05, 3.63) is 0 Å². The van der Waals surface area contributed by atoms with Crippen LogP contribution in [-0.2, 0) is 14.2 Å². The fraction of sp³-hybridized carbons (Fsp3) is 1.00. The number of rotatable bonds is 14. The number of aliphatic hydroxyl groups is 1. The van der Waals surface area contributed by atoms with Gasteiger partial charge in [0.25, 0.3) is 0 Å². The van der Waals surface area contributed by atoms with Crippen LogP contribution < -0.4 is 16.0 Å². The fourth-order valence-electron chi connectivity index (χ4n) is 3.35.